The first kappa shape index (κ1) is 23.3. The molecule has 1 aromatic heterocycles. The molecule has 3 fully saturated rings. The van der Waals surface area contributed by atoms with Crippen LogP contribution in [0.4, 0.5) is 5.13 Å². The third-order valence-corrected chi connectivity index (χ3v) is 9.11. The number of thiazole rings is 1. The number of nitrogens with zero attached hydrogens (tertiary/aromatic N) is 1. The van der Waals surface area contributed by atoms with E-state index in [0.29, 0.717) is 30.8 Å². The van der Waals surface area contributed by atoms with E-state index in [1.807, 2.05) is 24.3 Å². The lowest BCUT2D eigenvalue weighted by Crippen LogP contribution is -2.15. The van der Waals surface area contributed by atoms with Gasteiger partial charge in [0, 0.05) is 33.9 Å². The standard InChI is InChI=1S/C25H26N2O5S2/c28-12-22(30)21-13-33-25(26-21)27-24(31)20(10-14-1-5-17(29)9-14)16-4-8-23(34(32)18-6-7-18)19(11-16)15-2-3-15/h4,8,10-11,13-15,18,28H,1-3,5-7,9,12H2,(H,26,27,31)/b20-10+/t14-,34?/m0/s1. The number of aliphatic hydroxyl groups excluding tert-OH is 1. The fourth-order valence-electron chi connectivity index (χ4n) is 4.30. The van der Waals surface area contributed by atoms with Gasteiger partial charge in [0.25, 0.3) is 5.91 Å². The minimum absolute atomic E-state index is 0.0132. The van der Waals surface area contributed by atoms with Gasteiger partial charge >= 0.3 is 0 Å². The molecular weight excluding hydrogens is 472 g/mol. The second-order valence-electron chi connectivity index (χ2n) is 9.22. The van der Waals surface area contributed by atoms with Crippen molar-refractivity contribution in [2.24, 2.45) is 5.92 Å². The molecule has 3 aliphatic carbocycles. The van der Waals surface area contributed by atoms with Crippen LogP contribution in [0.1, 0.15) is 72.5 Å². The number of nitrogens with one attached hydrogen (secondary N) is 1. The number of aliphatic hydroxyl groups is 1. The van der Waals surface area contributed by atoms with Crippen molar-refractivity contribution in [2.45, 2.75) is 61.0 Å². The summed E-state index contributed by atoms with van der Waals surface area (Å²) in [4.78, 5) is 41.9. The third kappa shape index (κ3) is 5.11. The fourth-order valence-corrected chi connectivity index (χ4v) is 6.60. The number of hydrogen-bond donors (Lipinski definition) is 2. The molecule has 3 aliphatic rings. The van der Waals surface area contributed by atoms with Crippen molar-refractivity contribution in [3.8, 4) is 0 Å². The van der Waals surface area contributed by atoms with Gasteiger partial charge in [-0.3, -0.25) is 23.9 Å². The van der Waals surface area contributed by atoms with Gasteiger partial charge in [-0.15, -0.1) is 11.3 Å². The Kier molecular flexibility index (Phi) is 6.59. The van der Waals surface area contributed by atoms with E-state index in [0.717, 1.165) is 53.0 Å². The van der Waals surface area contributed by atoms with Gasteiger partial charge in [-0.25, -0.2) is 4.98 Å². The highest BCUT2D eigenvalue weighted by atomic mass is 32.2. The van der Waals surface area contributed by atoms with Crippen LogP contribution < -0.4 is 5.32 Å². The quantitative estimate of drug-likeness (QED) is 0.401. The Labute approximate surface area is 204 Å². The maximum atomic E-state index is 13.4. The van der Waals surface area contributed by atoms with Crippen molar-refractivity contribution in [2.75, 3.05) is 11.9 Å². The van der Waals surface area contributed by atoms with Crippen LogP contribution >= 0.6 is 11.3 Å². The molecule has 2 atom stereocenters. The highest BCUT2D eigenvalue weighted by molar-refractivity contribution is 7.86. The zero-order valence-electron chi connectivity index (χ0n) is 18.6. The van der Waals surface area contributed by atoms with Gasteiger partial charge in [-0.2, -0.15) is 0 Å². The zero-order chi connectivity index (χ0) is 23.8. The van der Waals surface area contributed by atoms with Gasteiger partial charge in [0.15, 0.2) is 5.13 Å². The number of Topliss-reactive ketones (excluding diaryl/α,β-unsaturated/α-hetero) is 2. The van der Waals surface area contributed by atoms with Crippen LogP contribution in [-0.2, 0) is 20.4 Å². The Morgan fingerprint density at radius 1 is 1.21 bits per heavy atom. The summed E-state index contributed by atoms with van der Waals surface area (Å²) in [6.07, 6.45) is 7.62. The first-order chi connectivity index (χ1) is 16.4. The zero-order valence-corrected chi connectivity index (χ0v) is 20.3. The number of ketones is 2. The second kappa shape index (κ2) is 9.64. The van der Waals surface area contributed by atoms with E-state index in [2.05, 4.69) is 10.3 Å². The van der Waals surface area contributed by atoms with Crippen molar-refractivity contribution in [3.63, 3.8) is 0 Å². The fraction of sp³-hybridized carbons (Fsp3) is 0.440. The van der Waals surface area contributed by atoms with Crippen molar-refractivity contribution in [3.05, 3.63) is 46.5 Å². The Morgan fingerprint density at radius 3 is 2.65 bits per heavy atom. The van der Waals surface area contributed by atoms with Crippen LogP contribution in [0.5, 0.6) is 0 Å². The number of benzene rings is 1. The molecule has 0 aliphatic heterocycles. The lowest BCUT2D eigenvalue weighted by Gasteiger charge is -2.14. The number of hydrogen-bond acceptors (Lipinski definition) is 7. The molecule has 0 spiro atoms. The average Bonchev–Trinajstić information content (AvgIpc) is 3.77. The van der Waals surface area contributed by atoms with Gasteiger partial charge in [-0.1, -0.05) is 12.1 Å². The number of anilines is 1. The van der Waals surface area contributed by atoms with Crippen LogP contribution in [0.25, 0.3) is 5.57 Å². The maximum absolute atomic E-state index is 13.4. The first-order valence-corrected chi connectivity index (χ1v) is 13.7. The molecular formula is C25H26N2O5S2. The van der Waals surface area contributed by atoms with E-state index in [-0.39, 0.29) is 33.7 Å². The number of carbonyl (C=O) groups excluding carboxylic acids is 3. The highest BCUT2D eigenvalue weighted by Gasteiger charge is 2.35. The first-order valence-electron chi connectivity index (χ1n) is 11.6. The average molecular weight is 499 g/mol. The number of amides is 1. The number of rotatable bonds is 9. The van der Waals surface area contributed by atoms with Crippen molar-refractivity contribution >= 4 is 50.3 Å². The highest BCUT2D eigenvalue weighted by Crippen LogP contribution is 2.45. The molecule has 5 rings (SSSR count). The van der Waals surface area contributed by atoms with E-state index in [1.165, 1.54) is 5.38 Å². The minimum Gasteiger partial charge on any atom is -0.388 e. The predicted molar refractivity (Wildman–Crippen MR) is 130 cm³/mol. The smallest absolute Gasteiger partial charge is 0.257 e. The van der Waals surface area contributed by atoms with Crippen LogP contribution in [-0.4, -0.2) is 43.6 Å². The van der Waals surface area contributed by atoms with E-state index >= 15 is 0 Å². The molecule has 1 amide bonds. The van der Waals surface area contributed by atoms with E-state index < -0.39 is 23.2 Å². The molecule has 0 radical (unpaired) electrons. The molecule has 34 heavy (non-hydrogen) atoms. The summed E-state index contributed by atoms with van der Waals surface area (Å²) >= 11 is 1.12. The molecule has 0 bridgehead atoms. The molecule has 1 heterocycles. The van der Waals surface area contributed by atoms with Crippen molar-refractivity contribution < 1.29 is 23.7 Å². The third-order valence-electron chi connectivity index (χ3n) is 6.47. The SMILES string of the molecule is O=C1CC[C@H](/C=C(/C(=O)Nc2nc(C(=O)CO)cs2)c2ccc(S(=O)C3CC3)c(C3CC3)c2)C1. The Balaban J connectivity index is 1.47. The Bertz CT molecular complexity index is 1210. The Morgan fingerprint density at radius 2 is 2.00 bits per heavy atom. The van der Waals surface area contributed by atoms with Crippen LogP contribution in [0, 0.1) is 5.92 Å². The van der Waals surface area contributed by atoms with Crippen LogP contribution in [0.3, 0.4) is 0 Å². The molecule has 7 nitrogen and oxygen atoms in total. The summed E-state index contributed by atoms with van der Waals surface area (Å²) in [5.74, 6) is -0.316. The topological polar surface area (TPSA) is 113 Å². The van der Waals surface area contributed by atoms with Crippen LogP contribution in [0.2, 0.25) is 0 Å². The predicted octanol–water partition coefficient (Wildman–Crippen LogP) is 3.86. The van der Waals surface area contributed by atoms with E-state index in [4.69, 9.17) is 5.11 Å². The van der Waals surface area contributed by atoms with Gasteiger partial charge < -0.3 is 5.11 Å². The molecule has 1 aromatic carbocycles. The van der Waals surface area contributed by atoms with Crippen molar-refractivity contribution in [1.29, 1.82) is 0 Å². The minimum atomic E-state index is -1.02. The summed E-state index contributed by atoms with van der Waals surface area (Å²) in [6.45, 7) is -0.642. The summed E-state index contributed by atoms with van der Waals surface area (Å²) in [5, 5.41) is 13.8. The molecule has 3 saturated carbocycles. The van der Waals surface area contributed by atoms with Gasteiger partial charge in [0.1, 0.15) is 18.1 Å². The Hall–Kier alpha value is -2.49. The molecule has 9 heteroatoms. The van der Waals surface area contributed by atoms with Crippen molar-refractivity contribution in [1.82, 2.24) is 4.98 Å². The van der Waals surface area contributed by atoms with E-state index in [9.17, 15) is 18.6 Å². The molecule has 178 valence electrons. The molecule has 0 saturated heterocycles. The number of carbonyl (C=O) groups is 3. The largest absolute Gasteiger partial charge is 0.388 e. The van der Waals surface area contributed by atoms with E-state index in [1.54, 1.807) is 0 Å². The molecule has 2 aromatic rings. The summed E-state index contributed by atoms with van der Waals surface area (Å²) in [6, 6.07) is 5.75. The molecule has 2 N–H and O–H groups in total. The number of allylic oxidation sites excluding steroid dienone is 1. The monoisotopic (exact) mass is 498 g/mol. The lowest BCUT2D eigenvalue weighted by atomic mass is 9.96. The van der Waals surface area contributed by atoms with Crippen LogP contribution in [0.15, 0.2) is 34.6 Å². The van der Waals surface area contributed by atoms with Gasteiger partial charge in [0.2, 0.25) is 5.78 Å². The van der Waals surface area contributed by atoms with Gasteiger partial charge in [-0.05, 0) is 67.2 Å². The normalized spacial score (nSPS) is 21.5. The summed E-state index contributed by atoms with van der Waals surface area (Å²) < 4.78 is 12.9. The van der Waals surface area contributed by atoms with Gasteiger partial charge in [0.05, 0.1) is 10.8 Å². The molecule has 1 unspecified atom stereocenters. The maximum Gasteiger partial charge on any atom is 0.257 e. The lowest BCUT2D eigenvalue weighted by molar-refractivity contribution is -0.117. The summed E-state index contributed by atoms with van der Waals surface area (Å²) in [5.41, 5.74) is 2.36. The summed E-state index contributed by atoms with van der Waals surface area (Å²) in [7, 11) is -1.02. The number of aromatic nitrogens is 1. The second-order valence-corrected chi connectivity index (χ2v) is 11.8.